The first kappa shape index (κ1) is 28.5. The predicted molar refractivity (Wildman–Crippen MR) is 155 cm³/mol. The van der Waals surface area contributed by atoms with Gasteiger partial charge in [0.2, 0.25) is 0 Å². The van der Waals surface area contributed by atoms with Crippen LogP contribution in [-0.2, 0) is 14.3 Å². The molecule has 0 radical (unpaired) electrons. The number of rotatable bonds is 11. The summed E-state index contributed by atoms with van der Waals surface area (Å²) in [5, 5.41) is 14.4. The molecule has 4 aromatic carbocycles. The number of anilines is 1. The minimum absolute atomic E-state index is 0.000890. The molecule has 0 aliphatic rings. The van der Waals surface area contributed by atoms with Crippen LogP contribution in [0.2, 0.25) is 0 Å². The normalized spacial score (nSPS) is 12.2. The van der Waals surface area contributed by atoms with Gasteiger partial charge < -0.3 is 19.3 Å². The van der Waals surface area contributed by atoms with Gasteiger partial charge in [0.15, 0.2) is 11.9 Å². The molecule has 4 aromatic rings. The van der Waals surface area contributed by atoms with E-state index in [1.165, 1.54) is 13.0 Å². The minimum Gasteiger partial charge on any atom is -0.507 e. The number of carbonyl (C=O) groups is 3. The molecule has 206 valence electrons. The number of aromatic hydroxyl groups is 1. The number of hydrogen-bond donors (Lipinski definition) is 3. The number of phenolic OH excluding ortho intramolecular Hbond substituents is 1. The third kappa shape index (κ3) is 7.33. The summed E-state index contributed by atoms with van der Waals surface area (Å²) in [5.41, 5.74) is 1.55. The fraction of sp³-hybridized carbons (Fsp3) is 0.194. The number of carbonyl (C=O) groups excluding carboxylic acids is 3. The Balaban J connectivity index is 1.70. The van der Waals surface area contributed by atoms with Crippen LogP contribution in [-0.4, -0.2) is 41.4 Å². The number of hydrogen-bond acceptors (Lipinski definition) is 8. The highest BCUT2D eigenvalue weighted by molar-refractivity contribution is 7.81. The number of fused-ring (bicyclic) bond motifs is 1. The number of amides is 1. The van der Waals surface area contributed by atoms with Crippen molar-refractivity contribution in [2.24, 2.45) is 0 Å². The molecule has 0 saturated carbocycles. The lowest BCUT2D eigenvalue weighted by atomic mass is 9.95. The molecule has 0 aromatic heterocycles. The van der Waals surface area contributed by atoms with Crippen molar-refractivity contribution in [2.75, 3.05) is 17.7 Å². The smallest absolute Gasteiger partial charge is 0.412 e. The maximum Gasteiger partial charge on any atom is 0.412 e. The van der Waals surface area contributed by atoms with Crippen LogP contribution < -0.4 is 10.1 Å². The number of phenols is 1. The minimum atomic E-state index is -0.975. The molecule has 0 aliphatic carbocycles. The number of esters is 1. The fourth-order valence-corrected chi connectivity index (χ4v) is 4.32. The molecular formula is C31H29NO7S. The van der Waals surface area contributed by atoms with Gasteiger partial charge in [-0.15, -0.1) is 0 Å². The number of thiol groups is 1. The predicted octanol–water partition coefficient (Wildman–Crippen LogP) is 6.35. The maximum atomic E-state index is 13.2. The Kier molecular flexibility index (Phi) is 9.64. The highest BCUT2D eigenvalue weighted by atomic mass is 32.1. The molecule has 0 fully saturated rings. The molecule has 2 N–H and O–H groups in total. The number of ether oxygens (including phenoxy) is 3. The van der Waals surface area contributed by atoms with Crippen LogP contribution in [0.1, 0.15) is 35.4 Å². The Bertz CT molecular complexity index is 1470. The zero-order valence-corrected chi connectivity index (χ0v) is 22.7. The van der Waals surface area contributed by atoms with E-state index in [1.54, 1.807) is 54.6 Å². The van der Waals surface area contributed by atoms with Gasteiger partial charge in [-0.1, -0.05) is 48.5 Å². The standard InChI is InChI=1S/C31H29NO7S/c1-20(33)21-11-13-22(14-12-21)32-31(36)39-30(26-15-16-27(34)25-10-6-5-9-24(25)26)28(17-18-37-29(35)19-40)38-23-7-3-2-4-8-23/h2-16,28,30,34,40H,17-19H2,1H3,(H,32,36)/t28-,30-/m1/s1. The number of nitrogens with one attached hydrogen (secondary N) is 1. The highest BCUT2D eigenvalue weighted by Crippen LogP contribution is 2.36. The van der Waals surface area contributed by atoms with Gasteiger partial charge in [-0.2, -0.15) is 12.6 Å². The number of para-hydroxylation sites is 1. The third-order valence-corrected chi connectivity index (χ3v) is 6.43. The van der Waals surface area contributed by atoms with Crippen LogP contribution in [0.4, 0.5) is 10.5 Å². The summed E-state index contributed by atoms with van der Waals surface area (Å²) in [4.78, 5) is 36.6. The molecule has 0 unspecified atom stereocenters. The monoisotopic (exact) mass is 559 g/mol. The van der Waals surface area contributed by atoms with E-state index in [0.717, 1.165) is 0 Å². The summed E-state index contributed by atoms with van der Waals surface area (Å²) in [6.07, 6.45) is -2.33. The lowest BCUT2D eigenvalue weighted by molar-refractivity contribution is -0.141. The summed E-state index contributed by atoms with van der Waals surface area (Å²) in [5.74, 6) is -0.0345. The van der Waals surface area contributed by atoms with E-state index in [4.69, 9.17) is 14.2 Å². The summed E-state index contributed by atoms with van der Waals surface area (Å²) >= 11 is 3.95. The molecule has 4 rings (SSSR count). The molecule has 8 nitrogen and oxygen atoms in total. The van der Waals surface area contributed by atoms with Gasteiger partial charge in [-0.25, -0.2) is 4.79 Å². The van der Waals surface area contributed by atoms with Crippen molar-refractivity contribution >= 4 is 46.9 Å². The van der Waals surface area contributed by atoms with Crippen molar-refractivity contribution in [1.82, 2.24) is 0 Å². The van der Waals surface area contributed by atoms with E-state index in [2.05, 4.69) is 17.9 Å². The van der Waals surface area contributed by atoms with E-state index in [9.17, 15) is 19.5 Å². The quantitative estimate of drug-likeness (QED) is 0.112. The Morgan fingerprint density at radius 3 is 2.23 bits per heavy atom. The average molecular weight is 560 g/mol. The van der Waals surface area contributed by atoms with Crippen LogP contribution in [0.3, 0.4) is 0 Å². The van der Waals surface area contributed by atoms with Gasteiger partial charge in [0.1, 0.15) is 17.6 Å². The first-order chi connectivity index (χ1) is 19.4. The van der Waals surface area contributed by atoms with E-state index in [-0.39, 0.29) is 30.3 Å². The molecule has 1 amide bonds. The van der Waals surface area contributed by atoms with Crippen molar-refractivity contribution in [3.8, 4) is 11.5 Å². The van der Waals surface area contributed by atoms with Crippen molar-refractivity contribution in [3.63, 3.8) is 0 Å². The first-order valence-electron chi connectivity index (χ1n) is 12.6. The van der Waals surface area contributed by atoms with Gasteiger partial charge >= 0.3 is 12.1 Å². The van der Waals surface area contributed by atoms with Crippen molar-refractivity contribution < 1.29 is 33.7 Å². The van der Waals surface area contributed by atoms with Gasteiger partial charge in [-0.3, -0.25) is 14.9 Å². The summed E-state index contributed by atoms with van der Waals surface area (Å²) < 4.78 is 17.6. The zero-order valence-electron chi connectivity index (χ0n) is 21.8. The second kappa shape index (κ2) is 13.5. The summed E-state index contributed by atoms with van der Waals surface area (Å²) in [7, 11) is 0. The first-order valence-corrected chi connectivity index (χ1v) is 13.3. The zero-order chi connectivity index (χ0) is 28.5. The molecule has 9 heteroatoms. The number of Topliss-reactive ketones (excluding diaryl/α,β-unsaturated/α-hetero) is 1. The van der Waals surface area contributed by atoms with E-state index < -0.39 is 24.3 Å². The Hall–Kier alpha value is -4.50. The van der Waals surface area contributed by atoms with Crippen molar-refractivity contribution in [1.29, 1.82) is 0 Å². The molecular weight excluding hydrogens is 530 g/mol. The van der Waals surface area contributed by atoms with Crippen molar-refractivity contribution in [2.45, 2.75) is 25.6 Å². The number of benzene rings is 4. The van der Waals surface area contributed by atoms with Crippen LogP contribution in [0.15, 0.2) is 91.0 Å². The lowest BCUT2D eigenvalue weighted by Gasteiger charge is -2.29. The molecule has 0 bridgehead atoms. The second-order valence-corrected chi connectivity index (χ2v) is 9.26. The molecule has 40 heavy (non-hydrogen) atoms. The Morgan fingerprint density at radius 2 is 1.55 bits per heavy atom. The van der Waals surface area contributed by atoms with Crippen LogP contribution >= 0.6 is 12.6 Å². The van der Waals surface area contributed by atoms with Gasteiger partial charge in [0.25, 0.3) is 0 Å². The molecule has 0 aliphatic heterocycles. The van der Waals surface area contributed by atoms with Gasteiger partial charge in [0.05, 0.1) is 12.4 Å². The van der Waals surface area contributed by atoms with Crippen LogP contribution in [0.5, 0.6) is 11.5 Å². The topological polar surface area (TPSA) is 111 Å². The number of ketones is 1. The van der Waals surface area contributed by atoms with Crippen LogP contribution in [0, 0.1) is 0 Å². The maximum absolute atomic E-state index is 13.2. The fourth-order valence-electron chi connectivity index (χ4n) is 4.23. The van der Waals surface area contributed by atoms with Gasteiger partial charge in [0, 0.05) is 28.6 Å². The Labute approximate surface area is 237 Å². The van der Waals surface area contributed by atoms with E-state index in [0.29, 0.717) is 33.3 Å². The Morgan fingerprint density at radius 1 is 0.875 bits per heavy atom. The SMILES string of the molecule is CC(=O)c1ccc(NC(=O)O[C@H](c2ccc(O)c3ccccc23)[C@@H](CCOC(=O)CS)Oc2ccccc2)cc1. The highest BCUT2D eigenvalue weighted by Gasteiger charge is 2.31. The molecule has 0 heterocycles. The third-order valence-electron chi connectivity index (χ3n) is 6.18. The van der Waals surface area contributed by atoms with Crippen molar-refractivity contribution in [3.05, 3.63) is 102 Å². The average Bonchev–Trinajstić information content (AvgIpc) is 2.97. The molecule has 0 spiro atoms. The molecule has 0 saturated heterocycles. The summed E-state index contributed by atoms with van der Waals surface area (Å²) in [6.45, 7) is 1.46. The lowest BCUT2D eigenvalue weighted by Crippen LogP contribution is -2.32. The van der Waals surface area contributed by atoms with E-state index >= 15 is 0 Å². The largest absolute Gasteiger partial charge is 0.507 e. The van der Waals surface area contributed by atoms with Gasteiger partial charge in [-0.05, 0) is 54.8 Å². The summed E-state index contributed by atoms with van der Waals surface area (Å²) in [6, 6.07) is 25.9. The van der Waals surface area contributed by atoms with E-state index in [1.807, 2.05) is 30.3 Å². The van der Waals surface area contributed by atoms with Crippen LogP contribution in [0.25, 0.3) is 10.8 Å². The molecule has 2 atom stereocenters. The second-order valence-electron chi connectivity index (χ2n) is 8.94.